The van der Waals surface area contributed by atoms with Crippen LogP contribution < -0.4 is 0 Å². The predicted molar refractivity (Wildman–Crippen MR) is 73.7 cm³/mol. The van der Waals surface area contributed by atoms with Gasteiger partial charge in [-0.3, -0.25) is 0 Å². The van der Waals surface area contributed by atoms with Gasteiger partial charge in [-0.2, -0.15) is 11.8 Å². The van der Waals surface area contributed by atoms with Crippen molar-refractivity contribution in [1.29, 1.82) is 0 Å². The number of nitrogens with one attached hydrogen (secondary N) is 1. The van der Waals surface area contributed by atoms with E-state index in [9.17, 15) is 0 Å². The molecule has 1 aliphatic rings. The van der Waals surface area contributed by atoms with Gasteiger partial charge in [0.25, 0.3) is 0 Å². The van der Waals surface area contributed by atoms with Crippen LogP contribution in [0.3, 0.4) is 0 Å². The Morgan fingerprint density at radius 2 is 2.29 bits per heavy atom. The Hall–Kier alpha value is -0.390. The first kappa shape index (κ1) is 13.1. The Bertz CT molecular complexity index is 413. The van der Waals surface area contributed by atoms with Crippen LogP contribution in [0.4, 0.5) is 0 Å². The molecule has 0 aromatic carbocycles. The molecule has 94 valence electrons. The van der Waals surface area contributed by atoms with Crippen LogP contribution in [0.5, 0.6) is 0 Å². The van der Waals surface area contributed by atoms with Crippen LogP contribution >= 0.6 is 24.0 Å². The van der Waals surface area contributed by atoms with Gasteiger partial charge in [0.1, 0.15) is 10.5 Å². The van der Waals surface area contributed by atoms with Gasteiger partial charge in [-0.05, 0) is 18.9 Å². The zero-order chi connectivity index (χ0) is 12.1. The van der Waals surface area contributed by atoms with E-state index in [1.165, 1.54) is 25.7 Å². The highest BCUT2D eigenvalue weighted by molar-refractivity contribution is 7.99. The summed E-state index contributed by atoms with van der Waals surface area (Å²) in [4.78, 5) is 7.65. The Labute approximate surface area is 111 Å². The maximum atomic E-state index is 5.15. The molecule has 1 N–H and O–H groups in total. The molecule has 0 bridgehead atoms. The quantitative estimate of drug-likeness (QED) is 0.832. The number of rotatable bonds is 5. The fourth-order valence-electron chi connectivity index (χ4n) is 2.12. The molecule has 1 aliphatic carbocycles. The Morgan fingerprint density at radius 3 is 3.00 bits per heavy atom. The highest BCUT2D eigenvalue weighted by Crippen LogP contribution is 2.30. The fourth-order valence-corrected chi connectivity index (χ4v) is 3.57. The smallest absolute Gasteiger partial charge is 0.130 e. The summed E-state index contributed by atoms with van der Waals surface area (Å²) in [5.41, 5.74) is 1.01. The van der Waals surface area contributed by atoms with Gasteiger partial charge in [0.05, 0.1) is 12.4 Å². The molecule has 0 saturated heterocycles. The average molecular weight is 270 g/mol. The van der Waals surface area contributed by atoms with E-state index in [0.29, 0.717) is 11.2 Å². The number of hydrogen-bond acceptors (Lipinski definition) is 4. The first-order chi connectivity index (χ1) is 8.28. The molecule has 0 spiro atoms. The summed E-state index contributed by atoms with van der Waals surface area (Å²) in [6.45, 7) is 0.563. The minimum atomic E-state index is 0.563. The second-order valence-corrected chi connectivity index (χ2v) is 6.05. The topological polar surface area (TPSA) is 37.9 Å². The largest absolute Gasteiger partial charge is 0.378 e. The van der Waals surface area contributed by atoms with Crippen molar-refractivity contribution in [2.24, 2.45) is 0 Å². The molecule has 17 heavy (non-hydrogen) atoms. The molecule has 1 saturated carbocycles. The number of methoxy groups -OCH3 is 1. The SMILES string of the molecule is COCc1cc(=S)nc(CSC2CCCC2)[nH]1. The number of hydrogen-bond donors (Lipinski definition) is 1. The van der Waals surface area contributed by atoms with E-state index >= 15 is 0 Å². The summed E-state index contributed by atoms with van der Waals surface area (Å²) in [5.74, 6) is 1.90. The molecule has 0 radical (unpaired) electrons. The Kier molecular flexibility index (Phi) is 5.00. The van der Waals surface area contributed by atoms with Crippen LogP contribution in [-0.4, -0.2) is 22.3 Å². The first-order valence-corrected chi connectivity index (χ1v) is 7.43. The Morgan fingerprint density at radius 1 is 1.53 bits per heavy atom. The van der Waals surface area contributed by atoms with Crippen LogP contribution in [0.15, 0.2) is 6.07 Å². The molecule has 1 aromatic rings. The number of ether oxygens (including phenoxy) is 1. The fraction of sp³-hybridized carbons (Fsp3) is 0.667. The van der Waals surface area contributed by atoms with Crippen molar-refractivity contribution in [3.63, 3.8) is 0 Å². The first-order valence-electron chi connectivity index (χ1n) is 5.97. The standard InChI is InChI=1S/C12H18N2OS2/c1-15-7-9-6-12(16)14-11(13-9)8-17-10-4-2-3-5-10/h6,10H,2-5,7-8H2,1H3,(H,13,14,16). The van der Waals surface area contributed by atoms with Crippen LogP contribution in [-0.2, 0) is 17.1 Å². The second kappa shape index (κ2) is 6.52. The molecular formula is C12H18N2OS2. The summed E-state index contributed by atoms with van der Waals surface area (Å²) in [7, 11) is 1.68. The summed E-state index contributed by atoms with van der Waals surface area (Å²) < 4.78 is 5.75. The molecular weight excluding hydrogens is 252 g/mol. The molecule has 3 nitrogen and oxygen atoms in total. The van der Waals surface area contributed by atoms with Crippen molar-refractivity contribution in [2.75, 3.05) is 7.11 Å². The van der Waals surface area contributed by atoms with Crippen LogP contribution in [0.25, 0.3) is 0 Å². The summed E-state index contributed by atoms with van der Waals surface area (Å²) >= 11 is 7.15. The number of aromatic nitrogens is 2. The third-order valence-electron chi connectivity index (χ3n) is 2.91. The normalized spacial score (nSPS) is 16.5. The molecule has 5 heteroatoms. The molecule has 2 rings (SSSR count). The minimum Gasteiger partial charge on any atom is -0.378 e. The second-order valence-electron chi connectivity index (χ2n) is 4.34. The van der Waals surface area contributed by atoms with Crippen molar-refractivity contribution in [3.8, 4) is 0 Å². The predicted octanol–water partition coefficient (Wildman–Crippen LogP) is 3.46. The maximum Gasteiger partial charge on any atom is 0.130 e. The lowest BCUT2D eigenvalue weighted by Gasteiger charge is -2.09. The van der Waals surface area contributed by atoms with Gasteiger partial charge in [-0.15, -0.1) is 0 Å². The van der Waals surface area contributed by atoms with Crippen LogP contribution in [0.2, 0.25) is 0 Å². The zero-order valence-electron chi connectivity index (χ0n) is 10.1. The van der Waals surface area contributed by atoms with Gasteiger partial charge >= 0.3 is 0 Å². The van der Waals surface area contributed by atoms with Gasteiger partial charge in [-0.25, -0.2) is 4.98 Å². The van der Waals surface area contributed by atoms with Crippen LogP contribution in [0, 0.1) is 4.64 Å². The lowest BCUT2D eigenvalue weighted by Crippen LogP contribution is -2.02. The van der Waals surface area contributed by atoms with E-state index in [1.54, 1.807) is 7.11 Å². The zero-order valence-corrected chi connectivity index (χ0v) is 11.7. The van der Waals surface area contributed by atoms with Crippen molar-refractivity contribution < 1.29 is 4.74 Å². The molecule has 1 aromatic heterocycles. The molecule has 0 atom stereocenters. The van der Waals surface area contributed by atoms with E-state index in [0.717, 1.165) is 22.5 Å². The van der Waals surface area contributed by atoms with E-state index in [1.807, 2.05) is 17.8 Å². The highest BCUT2D eigenvalue weighted by Gasteiger charge is 2.15. The molecule has 0 amide bonds. The van der Waals surface area contributed by atoms with E-state index in [4.69, 9.17) is 17.0 Å². The van der Waals surface area contributed by atoms with Gasteiger partial charge < -0.3 is 9.72 Å². The lowest BCUT2D eigenvalue weighted by atomic mass is 10.4. The van der Waals surface area contributed by atoms with Crippen LogP contribution in [0.1, 0.15) is 37.2 Å². The lowest BCUT2D eigenvalue weighted by molar-refractivity contribution is 0.181. The van der Waals surface area contributed by atoms with Crippen molar-refractivity contribution in [3.05, 3.63) is 22.2 Å². The third-order valence-corrected chi connectivity index (χ3v) is 4.50. The van der Waals surface area contributed by atoms with E-state index < -0.39 is 0 Å². The van der Waals surface area contributed by atoms with Gasteiger partial charge in [0.15, 0.2) is 0 Å². The average Bonchev–Trinajstić information content (AvgIpc) is 2.79. The van der Waals surface area contributed by atoms with Crippen molar-refractivity contribution >= 4 is 24.0 Å². The summed E-state index contributed by atoms with van der Waals surface area (Å²) in [5, 5.41) is 0.810. The highest BCUT2D eigenvalue weighted by atomic mass is 32.2. The van der Waals surface area contributed by atoms with Crippen molar-refractivity contribution in [2.45, 2.75) is 43.3 Å². The number of H-pyrrole nitrogens is 1. The van der Waals surface area contributed by atoms with Gasteiger partial charge in [-0.1, -0.05) is 25.1 Å². The maximum absolute atomic E-state index is 5.15. The molecule has 0 unspecified atom stereocenters. The van der Waals surface area contributed by atoms with E-state index in [2.05, 4.69) is 9.97 Å². The number of thioether (sulfide) groups is 1. The summed E-state index contributed by atoms with van der Waals surface area (Å²) in [6, 6.07) is 1.86. The monoisotopic (exact) mass is 270 g/mol. The number of nitrogens with zero attached hydrogens (tertiary/aromatic N) is 1. The Balaban J connectivity index is 1.96. The molecule has 0 aliphatic heterocycles. The molecule has 1 heterocycles. The molecule has 1 fully saturated rings. The van der Waals surface area contributed by atoms with Crippen molar-refractivity contribution in [1.82, 2.24) is 9.97 Å². The summed E-state index contributed by atoms with van der Waals surface area (Å²) in [6.07, 6.45) is 5.46. The third kappa shape index (κ3) is 4.08. The minimum absolute atomic E-state index is 0.563. The number of aromatic amines is 1. The van der Waals surface area contributed by atoms with Gasteiger partial charge in [0, 0.05) is 18.1 Å². The van der Waals surface area contributed by atoms with E-state index in [-0.39, 0.29) is 0 Å². The van der Waals surface area contributed by atoms with Gasteiger partial charge in [0.2, 0.25) is 0 Å².